The third kappa shape index (κ3) is 2.32. The number of amides is 1. The molecular formula is C19H19NO5. The lowest BCUT2D eigenvalue weighted by Crippen LogP contribution is -2.47. The molecule has 0 N–H and O–H groups in total. The van der Waals surface area contributed by atoms with Crippen molar-refractivity contribution in [1.29, 1.82) is 0 Å². The molecule has 3 aliphatic heterocycles. The third-order valence-electron chi connectivity index (χ3n) is 4.93. The highest BCUT2D eigenvalue weighted by molar-refractivity contribution is 6.53. The predicted octanol–water partition coefficient (Wildman–Crippen LogP) is 2.50. The Morgan fingerprint density at radius 1 is 1.28 bits per heavy atom. The molecule has 130 valence electrons. The summed E-state index contributed by atoms with van der Waals surface area (Å²) in [6.45, 7) is 6.26. The van der Waals surface area contributed by atoms with Crippen molar-refractivity contribution in [2.24, 2.45) is 0 Å². The van der Waals surface area contributed by atoms with Crippen molar-refractivity contribution >= 4 is 28.9 Å². The van der Waals surface area contributed by atoms with E-state index in [2.05, 4.69) is 0 Å². The number of Topliss-reactive ketones (excluding diaryl/α,β-unsaturated/α-hetero) is 1. The smallest absolute Gasteiger partial charge is 0.340 e. The number of allylic oxidation sites excluding steroid dienone is 1. The lowest BCUT2D eigenvalue weighted by molar-refractivity contribution is -0.144. The second kappa shape index (κ2) is 5.26. The van der Waals surface area contributed by atoms with E-state index in [0.717, 1.165) is 17.6 Å². The van der Waals surface area contributed by atoms with E-state index in [-0.39, 0.29) is 11.3 Å². The maximum atomic E-state index is 12.5. The van der Waals surface area contributed by atoms with Gasteiger partial charge in [0.25, 0.3) is 11.7 Å². The molecule has 1 atom stereocenters. The molecule has 3 heterocycles. The number of ketones is 1. The van der Waals surface area contributed by atoms with Gasteiger partial charge in [-0.2, -0.15) is 0 Å². The SMILES string of the molecule is CC1=CC(C)(C)N2C(=O)C(=O)c3cc(OC(=O)[C@H]4CCCO4)cc1c32. The Hall–Kier alpha value is -2.47. The summed E-state index contributed by atoms with van der Waals surface area (Å²) >= 11 is 0. The molecule has 1 saturated heterocycles. The molecule has 6 nitrogen and oxygen atoms in total. The van der Waals surface area contributed by atoms with Crippen LogP contribution in [0.3, 0.4) is 0 Å². The fourth-order valence-electron chi connectivity index (χ4n) is 3.87. The number of hydrogen-bond donors (Lipinski definition) is 0. The summed E-state index contributed by atoms with van der Waals surface area (Å²) < 4.78 is 10.8. The molecule has 0 unspecified atom stereocenters. The van der Waals surface area contributed by atoms with Gasteiger partial charge in [0, 0.05) is 12.2 Å². The number of hydrogen-bond acceptors (Lipinski definition) is 5. The average molecular weight is 341 g/mol. The van der Waals surface area contributed by atoms with E-state index in [9.17, 15) is 14.4 Å². The monoisotopic (exact) mass is 341 g/mol. The Kier molecular flexibility index (Phi) is 3.37. The largest absolute Gasteiger partial charge is 0.425 e. The molecule has 0 aromatic heterocycles. The van der Waals surface area contributed by atoms with Crippen molar-refractivity contribution in [3.63, 3.8) is 0 Å². The molecule has 1 aromatic rings. The van der Waals surface area contributed by atoms with Crippen molar-refractivity contribution in [2.45, 2.75) is 45.3 Å². The Morgan fingerprint density at radius 2 is 2.00 bits per heavy atom. The fraction of sp³-hybridized carbons (Fsp3) is 0.421. The van der Waals surface area contributed by atoms with E-state index < -0.39 is 29.3 Å². The number of rotatable bonds is 2. The summed E-state index contributed by atoms with van der Waals surface area (Å²) in [4.78, 5) is 38.6. The van der Waals surface area contributed by atoms with Gasteiger partial charge >= 0.3 is 5.97 Å². The molecule has 4 rings (SSSR count). The quantitative estimate of drug-likeness (QED) is 0.469. The van der Waals surface area contributed by atoms with Crippen molar-refractivity contribution in [1.82, 2.24) is 0 Å². The molecule has 1 fully saturated rings. The average Bonchev–Trinajstić information content (AvgIpc) is 3.15. The first-order valence-electron chi connectivity index (χ1n) is 8.39. The normalized spacial score (nSPS) is 23.6. The van der Waals surface area contributed by atoms with Crippen molar-refractivity contribution in [3.8, 4) is 5.75 Å². The van der Waals surface area contributed by atoms with Crippen molar-refractivity contribution in [3.05, 3.63) is 29.3 Å². The van der Waals surface area contributed by atoms with E-state index in [1.165, 1.54) is 11.0 Å². The number of benzene rings is 1. The van der Waals surface area contributed by atoms with E-state index in [1.807, 2.05) is 26.8 Å². The standard InChI is InChI=1S/C19H19NO5/c1-10-9-19(2,3)20-15-12(10)7-11(8-13(15)16(21)17(20)22)25-18(23)14-5-4-6-24-14/h7-9,14H,4-6H2,1-3H3/t14-/m1/s1. The van der Waals surface area contributed by atoms with E-state index in [1.54, 1.807) is 6.07 Å². The number of esters is 1. The minimum absolute atomic E-state index is 0.268. The summed E-state index contributed by atoms with van der Waals surface area (Å²) in [5, 5.41) is 0. The topological polar surface area (TPSA) is 72.9 Å². The van der Waals surface area contributed by atoms with E-state index in [4.69, 9.17) is 9.47 Å². The Labute approximate surface area is 145 Å². The van der Waals surface area contributed by atoms with Crippen LogP contribution >= 0.6 is 0 Å². The molecule has 6 heteroatoms. The Morgan fingerprint density at radius 3 is 2.68 bits per heavy atom. The van der Waals surface area contributed by atoms with Gasteiger partial charge in [-0.25, -0.2) is 4.79 Å². The highest BCUT2D eigenvalue weighted by Gasteiger charge is 2.47. The molecule has 1 amide bonds. The first-order valence-corrected chi connectivity index (χ1v) is 8.39. The molecule has 25 heavy (non-hydrogen) atoms. The van der Waals surface area contributed by atoms with Crippen LogP contribution in [0.4, 0.5) is 5.69 Å². The summed E-state index contributed by atoms with van der Waals surface area (Å²) in [6, 6.07) is 3.20. The lowest BCUT2D eigenvalue weighted by atomic mass is 9.89. The van der Waals surface area contributed by atoms with Gasteiger partial charge < -0.3 is 9.47 Å². The second-order valence-corrected chi connectivity index (χ2v) is 7.24. The maximum Gasteiger partial charge on any atom is 0.340 e. The lowest BCUT2D eigenvalue weighted by Gasteiger charge is -2.38. The number of nitrogens with zero attached hydrogens (tertiary/aromatic N) is 1. The van der Waals surface area contributed by atoms with Gasteiger partial charge in [0.2, 0.25) is 0 Å². The van der Waals surface area contributed by atoms with Gasteiger partial charge in [0.05, 0.1) is 16.8 Å². The first kappa shape index (κ1) is 16.0. The number of ether oxygens (including phenoxy) is 2. The van der Waals surface area contributed by atoms with Crippen LogP contribution < -0.4 is 9.64 Å². The highest BCUT2D eigenvalue weighted by atomic mass is 16.6. The zero-order chi connectivity index (χ0) is 17.9. The summed E-state index contributed by atoms with van der Waals surface area (Å²) in [5.74, 6) is -1.31. The summed E-state index contributed by atoms with van der Waals surface area (Å²) in [7, 11) is 0. The van der Waals surface area contributed by atoms with Crippen LogP contribution in [0.1, 0.15) is 49.5 Å². The predicted molar refractivity (Wildman–Crippen MR) is 90.6 cm³/mol. The molecule has 0 radical (unpaired) electrons. The Bertz CT molecular complexity index is 846. The first-order chi connectivity index (χ1) is 11.8. The van der Waals surface area contributed by atoms with E-state index in [0.29, 0.717) is 18.7 Å². The second-order valence-electron chi connectivity index (χ2n) is 7.24. The minimum atomic E-state index is -0.578. The maximum absolute atomic E-state index is 12.5. The van der Waals surface area contributed by atoms with Crippen LogP contribution in [0.5, 0.6) is 5.75 Å². The van der Waals surface area contributed by atoms with Crippen molar-refractivity contribution in [2.75, 3.05) is 11.5 Å². The molecule has 0 spiro atoms. The Balaban J connectivity index is 1.78. The van der Waals surface area contributed by atoms with Crippen molar-refractivity contribution < 1.29 is 23.9 Å². The van der Waals surface area contributed by atoms with Crippen LogP contribution in [-0.2, 0) is 14.3 Å². The molecule has 0 saturated carbocycles. The summed E-state index contributed by atoms with van der Waals surface area (Å²) in [5.41, 5.74) is 2.00. The number of carbonyl (C=O) groups is 3. The minimum Gasteiger partial charge on any atom is -0.425 e. The van der Waals surface area contributed by atoms with Gasteiger partial charge in [-0.15, -0.1) is 0 Å². The zero-order valence-corrected chi connectivity index (χ0v) is 14.4. The molecule has 1 aromatic carbocycles. The van der Waals surface area contributed by atoms with Gasteiger partial charge in [-0.3, -0.25) is 14.5 Å². The highest BCUT2D eigenvalue weighted by Crippen LogP contribution is 2.46. The molecule has 0 bridgehead atoms. The van der Waals surface area contributed by atoms with Gasteiger partial charge in [0.1, 0.15) is 5.75 Å². The number of anilines is 1. The van der Waals surface area contributed by atoms with E-state index >= 15 is 0 Å². The molecule has 0 aliphatic carbocycles. The van der Waals surface area contributed by atoms with Crippen LogP contribution in [0.15, 0.2) is 18.2 Å². The zero-order valence-electron chi connectivity index (χ0n) is 14.4. The van der Waals surface area contributed by atoms with Gasteiger partial charge in [0.15, 0.2) is 6.10 Å². The molecular weight excluding hydrogens is 322 g/mol. The van der Waals surface area contributed by atoms with Crippen LogP contribution in [0.2, 0.25) is 0 Å². The fourth-order valence-corrected chi connectivity index (χ4v) is 3.87. The third-order valence-corrected chi connectivity index (χ3v) is 4.93. The number of carbonyl (C=O) groups excluding carboxylic acids is 3. The summed E-state index contributed by atoms with van der Waals surface area (Å²) in [6.07, 6.45) is 2.85. The molecule has 3 aliphatic rings. The van der Waals surface area contributed by atoms with Crippen LogP contribution in [0, 0.1) is 0 Å². The van der Waals surface area contributed by atoms with Gasteiger partial charge in [-0.05, 0) is 51.3 Å². The van der Waals surface area contributed by atoms with Gasteiger partial charge in [-0.1, -0.05) is 6.08 Å². The van der Waals surface area contributed by atoms with Crippen LogP contribution in [-0.4, -0.2) is 35.9 Å². The van der Waals surface area contributed by atoms with Crippen LogP contribution in [0.25, 0.3) is 5.57 Å².